The Hall–Kier alpha value is -1.42. The Morgan fingerprint density at radius 3 is 2.22 bits per heavy atom. The highest BCUT2D eigenvalue weighted by Gasteiger charge is 2.17. The predicted octanol–water partition coefficient (Wildman–Crippen LogP) is 4.32. The first-order chi connectivity index (χ1) is 11.2. The average molecular weight is 351 g/mol. The predicted molar refractivity (Wildman–Crippen MR) is 96.9 cm³/mol. The Labute approximate surface area is 147 Å². The maximum absolute atomic E-state index is 6.09. The van der Waals surface area contributed by atoms with Gasteiger partial charge in [0.1, 0.15) is 5.75 Å². The molecule has 3 rings (SSSR count). The summed E-state index contributed by atoms with van der Waals surface area (Å²) in [5.41, 5.74) is 2.46. The Balaban J connectivity index is 1.56. The number of ether oxygens (including phenoxy) is 1. The van der Waals surface area contributed by atoms with Gasteiger partial charge in [-0.15, -0.1) is 0 Å². The number of methoxy groups -OCH3 is 1. The standard InChI is InChI=1S/C18H20Cl2N2O/c1-23-16-5-3-15(4-6-16)22-10-8-21(9-11-22)13-14-2-7-17(19)18(20)12-14/h2-7,12H,8-11,13H2,1H3. The fourth-order valence-corrected chi connectivity index (χ4v) is 3.17. The summed E-state index contributed by atoms with van der Waals surface area (Å²) in [5, 5.41) is 1.24. The molecule has 0 radical (unpaired) electrons. The van der Waals surface area contributed by atoms with Crippen molar-refractivity contribution in [1.29, 1.82) is 0 Å². The zero-order valence-corrected chi connectivity index (χ0v) is 14.6. The van der Waals surface area contributed by atoms with Crippen LogP contribution in [0.1, 0.15) is 5.56 Å². The molecule has 1 aliphatic heterocycles. The van der Waals surface area contributed by atoms with Crippen LogP contribution in [0.15, 0.2) is 42.5 Å². The highest BCUT2D eigenvalue weighted by molar-refractivity contribution is 6.42. The Morgan fingerprint density at radius 1 is 0.913 bits per heavy atom. The monoisotopic (exact) mass is 350 g/mol. The lowest BCUT2D eigenvalue weighted by Gasteiger charge is -2.36. The SMILES string of the molecule is COc1ccc(N2CCN(Cc3ccc(Cl)c(Cl)c3)CC2)cc1. The molecule has 2 aromatic carbocycles. The summed E-state index contributed by atoms with van der Waals surface area (Å²) in [4.78, 5) is 4.85. The number of hydrogen-bond acceptors (Lipinski definition) is 3. The zero-order valence-electron chi connectivity index (χ0n) is 13.1. The first-order valence-corrected chi connectivity index (χ1v) is 8.46. The maximum Gasteiger partial charge on any atom is 0.119 e. The summed E-state index contributed by atoms with van der Waals surface area (Å²) in [5.74, 6) is 0.895. The molecule has 1 fully saturated rings. The van der Waals surface area contributed by atoms with Crippen LogP contribution in [0, 0.1) is 0 Å². The van der Waals surface area contributed by atoms with Crippen LogP contribution >= 0.6 is 23.2 Å². The molecular weight excluding hydrogens is 331 g/mol. The van der Waals surface area contributed by atoms with Gasteiger partial charge < -0.3 is 9.64 Å². The molecule has 1 aliphatic rings. The van der Waals surface area contributed by atoms with E-state index in [-0.39, 0.29) is 0 Å². The Kier molecular flexibility index (Phi) is 5.31. The Morgan fingerprint density at radius 2 is 1.61 bits per heavy atom. The molecule has 122 valence electrons. The van der Waals surface area contributed by atoms with Crippen LogP contribution in [0.5, 0.6) is 5.75 Å². The normalized spacial score (nSPS) is 15.7. The van der Waals surface area contributed by atoms with E-state index in [4.69, 9.17) is 27.9 Å². The smallest absolute Gasteiger partial charge is 0.119 e. The molecule has 0 amide bonds. The van der Waals surface area contributed by atoms with Crippen molar-refractivity contribution < 1.29 is 4.74 Å². The molecule has 0 bridgehead atoms. The third kappa shape index (κ3) is 4.11. The van der Waals surface area contributed by atoms with E-state index < -0.39 is 0 Å². The van der Waals surface area contributed by atoms with E-state index in [9.17, 15) is 0 Å². The molecule has 23 heavy (non-hydrogen) atoms. The molecule has 0 saturated carbocycles. The van der Waals surface area contributed by atoms with Crippen LogP contribution in [0.25, 0.3) is 0 Å². The van der Waals surface area contributed by atoms with E-state index in [1.54, 1.807) is 7.11 Å². The molecule has 0 atom stereocenters. The number of hydrogen-bond donors (Lipinski definition) is 0. The second-order valence-corrected chi connectivity index (χ2v) is 6.52. The molecule has 2 aromatic rings. The van der Waals surface area contributed by atoms with Gasteiger partial charge in [0.2, 0.25) is 0 Å². The number of piperazine rings is 1. The highest BCUT2D eigenvalue weighted by atomic mass is 35.5. The van der Waals surface area contributed by atoms with E-state index >= 15 is 0 Å². The summed E-state index contributed by atoms with van der Waals surface area (Å²) in [6, 6.07) is 14.1. The van der Waals surface area contributed by atoms with Gasteiger partial charge >= 0.3 is 0 Å². The molecule has 1 heterocycles. The second-order valence-electron chi connectivity index (χ2n) is 5.71. The van der Waals surface area contributed by atoms with Gasteiger partial charge in [0.05, 0.1) is 17.2 Å². The molecule has 5 heteroatoms. The van der Waals surface area contributed by atoms with Crippen molar-refractivity contribution in [1.82, 2.24) is 4.90 Å². The number of anilines is 1. The van der Waals surface area contributed by atoms with Gasteiger partial charge in [-0.25, -0.2) is 0 Å². The summed E-state index contributed by atoms with van der Waals surface area (Å²) >= 11 is 12.1. The first-order valence-electron chi connectivity index (χ1n) is 7.71. The van der Waals surface area contributed by atoms with Gasteiger partial charge in [-0.05, 0) is 42.0 Å². The van der Waals surface area contributed by atoms with Crippen LogP contribution in [-0.2, 0) is 6.54 Å². The van der Waals surface area contributed by atoms with Crippen molar-refractivity contribution in [2.45, 2.75) is 6.54 Å². The molecule has 1 saturated heterocycles. The summed E-state index contributed by atoms with van der Waals surface area (Å²) in [6.07, 6.45) is 0. The average Bonchev–Trinajstić information content (AvgIpc) is 2.59. The molecule has 0 spiro atoms. The van der Waals surface area contributed by atoms with Crippen molar-refractivity contribution in [2.75, 3.05) is 38.2 Å². The van der Waals surface area contributed by atoms with Gasteiger partial charge in [0.15, 0.2) is 0 Å². The number of rotatable bonds is 4. The minimum Gasteiger partial charge on any atom is -0.497 e. The lowest BCUT2D eigenvalue weighted by atomic mass is 10.2. The summed E-state index contributed by atoms with van der Waals surface area (Å²) in [6.45, 7) is 5.02. The van der Waals surface area contributed by atoms with Gasteiger partial charge in [-0.2, -0.15) is 0 Å². The van der Waals surface area contributed by atoms with Gasteiger partial charge in [-0.1, -0.05) is 29.3 Å². The van der Waals surface area contributed by atoms with Crippen molar-refractivity contribution in [3.63, 3.8) is 0 Å². The van der Waals surface area contributed by atoms with Crippen LogP contribution in [0.3, 0.4) is 0 Å². The molecule has 0 N–H and O–H groups in total. The Bertz CT molecular complexity index is 653. The largest absolute Gasteiger partial charge is 0.497 e. The van der Waals surface area contributed by atoms with E-state index in [0.717, 1.165) is 38.5 Å². The van der Waals surface area contributed by atoms with Crippen LogP contribution in [-0.4, -0.2) is 38.2 Å². The third-order valence-corrected chi connectivity index (χ3v) is 4.94. The molecule has 0 aromatic heterocycles. The van der Waals surface area contributed by atoms with E-state index in [2.05, 4.69) is 21.9 Å². The molecule has 0 unspecified atom stereocenters. The van der Waals surface area contributed by atoms with Crippen molar-refractivity contribution >= 4 is 28.9 Å². The van der Waals surface area contributed by atoms with Crippen LogP contribution < -0.4 is 9.64 Å². The van der Waals surface area contributed by atoms with Crippen molar-refractivity contribution in [2.24, 2.45) is 0 Å². The molecular formula is C18H20Cl2N2O. The maximum atomic E-state index is 6.09. The van der Waals surface area contributed by atoms with Crippen LogP contribution in [0.4, 0.5) is 5.69 Å². The molecule has 0 aliphatic carbocycles. The lowest BCUT2D eigenvalue weighted by molar-refractivity contribution is 0.250. The van der Waals surface area contributed by atoms with E-state index in [0.29, 0.717) is 10.0 Å². The lowest BCUT2D eigenvalue weighted by Crippen LogP contribution is -2.45. The minimum absolute atomic E-state index is 0.611. The summed E-state index contributed by atoms with van der Waals surface area (Å²) in [7, 11) is 1.69. The quantitative estimate of drug-likeness (QED) is 0.816. The fraction of sp³-hybridized carbons (Fsp3) is 0.333. The van der Waals surface area contributed by atoms with Crippen LogP contribution in [0.2, 0.25) is 10.0 Å². The topological polar surface area (TPSA) is 15.7 Å². The summed E-state index contributed by atoms with van der Waals surface area (Å²) < 4.78 is 5.21. The number of nitrogens with zero attached hydrogens (tertiary/aromatic N) is 2. The molecule has 3 nitrogen and oxygen atoms in total. The van der Waals surface area contributed by atoms with E-state index in [1.165, 1.54) is 11.3 Å². The minimum atomic E-state index is 0.611. The van der Waals surface area contributed by atoms with Gasteiger partial charge in [0.25, 0.3) is 0 Å². The van der Waals surface area contributed by atoms with Gasteiger partial charge in [0, 0.05) is 38.4 Å². The van der Waals surface area contributed by atoms with Crippen molar-refractivity contribution in [3.05, 3.63) is 58.1 Å². The highest BCUT2D eigenvalue weighted by Crippen LogP contribution is 2.24. The second kappa shape index (κ2) is 7.43. The zero-order chi connectivity index (χ0) is 16.2. The first kappa shape index (κ1) is 16.4. The van der Waals surface area contributed by atoms with Gasteiger partial charge in [-0.3, -0.25) is 4.90 Å². The fourth-order valence-electron chi connectivity index (χ4n) is 2.85. The van der Waals surface area contributed by atoms with E-state index in [1.807, 2.05) is 30.3 Å². The number of benzene rings is 2. The number of halogens is 2. The van der Waals surface area contributed by atoms with Crippen molar-refractivity contribution in [3.8, 4) is 5.75 Å². The third-order valence-electron chi connectivity index (χ3n) is 4.20.